The second-order valence-electron chi connectivity index (χ2n) is 13.2. The van der Waals surface area contributed by atoms with Crippen LogP contribution >= 0.6 is 0 Å². The third-order valence-corrected chi connectivity index (χ3v) is 9.30. The number of aromatic nitrogens is 2. The first-order valence-corrected chi connectivity index (χ1v) is 19.0. The molecule has 0 atom stereocenters. The van der Waals surface area contributed by atoms with Crippen molar-refractivity contribution in [2.75, 3.05) is 0 Å². The van der Waals surface area contributed by atoms with Crippen LogP contribution in [0.5, 0.6) is 0 Å². The summed E-state index contributed by atoms with van der Waals surface area (Å²) < 4.78 is 5.01. The minimum absolute atomic E-state index is 1.17. The number of imidazole rings is 1. The maximum atomic E-state index is 2.56. The van der Waals surface area contributed by atoms with Crippen molar-refractivity contribution in [1.29, 1.82) is 0 Å². The second-order valence-corrected chi connectivity index (χ2v) is 13.2. The highest BCUT2D eigenvalue weighted by molar-refractivity contribution is 5.31. The second kappa shape index (κ2) is 27.0. The molecule has 0 bridgehead atoms. The Hall–Kier alpha value is -1.57. The van der Waals surface area contributed by atoms with Crippen LogP contribution in [0.25, 0.3) is 5.69 Å². The van der Waals surface area contributed by atoms with E-state index in [1.54, 1.807) is 0 Å². The first-order chi connectivity index (χ1) is 20.9. The minimum Gasteiger partial charge on any atom is -0.234 e. The molecule has 0 unspecified atom stereocenters. The Balaban J connectivity index is 1.58. The molecule has 0 aliphatic rings. The van der Waals surface area contributed by atoms with Gasteiger partial charge in [-0.2, -0.15) is 4.57 Å². The van der Waals surface area contributed by atoms with E-state index < -0.39 is 0 Å². The molecule has 1 heterocycles. The summed E-state index contributed by atoms with van der Waals surface area (Å²) in [6.45, 7) is 5.78. The van der Waals surface area contributed by atoms with Crippen LogP contribution in [-0.4, -0.2) is 4.57 Å². The largest absolute Gasteiger partial charge is 0.261 e. The number of hydrogen-bond acceptors (Lipinski definition) is 0. The molecule has 0 radical (unpaired) electrons. The minimum atomic E-state index is 1.17. The van der Waals surface area contributed by atoms with E-state index in [2.05, 4.69) is 65.7 Å². The molecule has 2 rings (SSSR count). The zero-order valence-corrected chi connectivity index (χ0v) is 28.4. The maximum absolute atomic E-state index is 2.56. The average Bonchev–Trinajstić information content (AvgIpc) is 3.42. The summed E-state index contributed by atoms with van der Waals surface area (Å²) in [5.41, 5.74) is 1.31. The molecule has 2 heteroatoms. The predicted octanol–water partition coefficient (Wildman–Crippen LogP) is 12.9. The number of unbranched alkanes of at least 4 members (excludes halogenated alkanes) is 25. The number of hydrogen-bond donors (Lipinski definition) is 0. The van der Waals surface area contributed by atoms with E-state index in [1.807, 2.05) is 0 Å². The zero-order chi connectivity index (χ0) is 29.8. The van der Waals surface area contributed by atoms with Gasteiger partial charge in [0.05, 0.1) is 6.54 Å². The highest BCUT2D eigenvalue weighted by Crippen LogP contribution is 2.16. The van der Waals surface area contributed by atoms with Crippen LogP contribution in [0.1, 0.15) is 193 Å². The molecule has 1 aromatic carbocycles. The first-order valence-electron chi connectivity index (χ1n) is 19.0. The van der Waals surface area contributed by atoms with Crippen molar-refractivity contribution in [2.24, 2.45) is 0 Å². The third kappa shape index (κ3) is 18.2. The molecule has 0 saturated heterocycles. The van der Waals surface area contributed by atoms with Gasteiger partial charge in [-0.05, 0) is 31.4 Å². The fraction of sp³-hybridized carbons (Fsp3) is 0.775. The quantitative estimate of drug-likeness (QED) is 0.0643. The summed E-state index contributed by atoms with van der Waals surface area (Å²) in [6, 6.07) is 11.0. The molecule has 0 spiro atoms. The lowest BCUT2D eigenvalue weighted by atomic mass is 10.0. The Kier molecular flexibility index (Phi) is 23.6. The van der Waals surface area contributed by atoms with Crippen LogP contribution in [0.3, 0.4) is 0 Å². The number of nitrogens with zero attached hydrogens (tertiary/aromatic N) is 2. The summed E-state index contributed by atoms with van der Waals surface area (Å²) in [5.74, 6) is 1.50. The van der Waals surface area contributed by atoms with E-state index >= 15 is 0 Å². The Labute approximate surface area is 263 Å². The van der Waals surface area contributed by atoms with E-state index in [0.717, 1.165) is 0 Å². The Morgan fingerprint density at radius 1 is 0.452 bits per heavy atom. The van der Waals surface area contributed by atoms with Gasteiger partial charge >= 0.3 is 0 Å². The predicted molar refractivity (Wildman–Crippen MR) is 186 cm³/mol. The van der Waals surface area contributed by atoms with Crippen molar-refractivity contribution >= 4 is 0 Å². The van der Waals surface area contributed by atoms with Crippen LogP contribution in [0.4, 0.5) is 0 Å². The van der Waals surface area contributed by atoms with Crippen molar-refractivity contribution in [1.82, 2.24) is 4.57 Å². The standard InChI is InChI=1S/C40H71N2/c1-3-5-7-9-11-13-15-17-18-19-20-22-24-26-31-35-40-41(37-38-42(40)39-33-29-28-30-34-39)36-32-27-25-23-21-16-14-12-10-8-6-4-2/h28-30,33-34,37-38H,3-27,31-32,35-36H2,1-2H3/q+1. The van der Waals surface area contributed by atoms with Gasteiger partial charge in [-0.1, -0.05) is 186 Å². The zero-order valence-electron chi connectivity index (χ0n) is 28.4. The van der Waals surface area contributed by atoms with Gasteiger partial charge < -0.3 is 0 Å². The smallest absolute Gasteiger partial charge is 0.234 e. The maximum Gasteiger partial charge on any atom is 0.261 e. The molecule has 0 N–H and O–H groups in total. The molecule has 0 aliphatic carbocycles. The number of rotatable bonds is 30. The molecular weight excluding hydrogens is 508 g/mol. The lowest BCUT2D eigenvalue weighted by molar-refractivity contribution is -0.704. The van der Waals surface area contributed by atoms with E-state index in [1.165, 1.54) is 198 Å². The van der Waals surface area contributed by atoms with Gasteiger partial charge in [0, 0.05) is 6.42 Å². The molecule has 0 saturated carbocycles. The van der Waals surface area contributed by atoms with Crippen LogP contribution < -0.4 is 4.57 Å². The third-order valence-electron chi connectivity index (χ3n) is 9.30. The SMILES string of the molecule is CCCCCCCCCCCCCCCCCc1n(-c2ccccc2)cc[n+]1CCCCCCCCCCCCCC. The van der Waals surface area contributed by atoms with Gasteiger partial charge in [-0.3, -0.25) is 0 Å². The molecule has 2 nitrogen and oxygen atoms in total. The molecule has 42 heavy (non-hydrogen) atoms. The molecule has 1 aromatic heterocycles. The van der Waals surface area contributed by atoms with Gasteiger partial charge in [0.25, 0.3) is 5.82 Å². The van der Waals surface area contributed by atoms with Gasteiger partial charge in [0.2, 0.25) is 0 Å². The van der Waals surface area contributed by atoms with E-state index in [-0.39, 0.29) is 0 Å². The monoisotopic (exact) mass is 580 g/mol. The van der Waals surface area contributed by atoms with E-state index in [0.29, 0.717) is 0 Å². The molecule has 0 aliphatic heterocycles. The highest BCUT2D eigenvalue weighted by atomic mass is 15.1. The van der Waals surface area contributed by atoms with Crippen LogP contribution in [0, 0.1) is 0 Å². The Morgan fingerprint density at radius 3 is 1.26 bits per heavy atom. The summed E-state index contributed by atoms with van der Waals surface area (Å²) >= 11 is 0. The van der Waals surface area contributed by atoms with Crippen LogP contribution in [0.2, 0.25) is 0 Å². The number of aryl methyl sites for hydroxylation is 1. The topological polar surface area (TPSA) is 8.81 Å². The number of para-hydroxylation sites is 1. The highest BCUT2D eigenvalue weighted by Gasteiger charge is 2.18. The van der Waals surface area contributed by atoms with Crippen molar-refractivity contribution in [3.8, 4) is 5.69 Å². The van der Waals surface area contributed by atoms with E-state index in [4.69, 9.17) is 0 Å². The first kappa shape index (κ1) is 36.6. The fourth-order valence-electron chi connectivity index (χ4n) is 6.53. The molecule has 2 aromatic rings. The van der Waals surface area contributed by atoms with Crippen molar-refractivity contribution in [3.63, 3.8) is 0 Å². The lowest BCUT2D eigenvalue weighted by Crippen LogP contribution is -2.37. The fourth-order valence-corrected chi connectivity index (χ4v) is 6.53. The van der Waals surface area contributed by atoms with Gasteiger partial charge in [-0.15, -0.1) is 0 Å². The molecule has 0 amide bonds. The van der Waals surface area contributed by atoms with Crippen LogP contribution in [-0.2, 0) is 13.0 Å². The lowest BCUT2D eigenvalue weighted by Gasteiger charge is -2.07. The Morgan fingerprint density at radius 2 is 0.833 bits per heavy atom. The molecule has 0 fully saturated rings. The van der Waals surface area contributed by atoms with E-state index in [9.17, 15) is 0 Å². The summed E-state index contributed by atoms with van der Waals surface area (Å²) in [4.78, 5) is 0. The van der Waals surface area contributed by atoms with Crippen LogP contribution in [0.15, 0.2) is 42.7 Å². The Bertz CT molecular complexity index is 823. The molecule has 240 valence electrons. The molecular formula is C40H71N2+. The van der Waals surface area contributed by atoms with Gasteiger partial charge in [0.1, 0.15) is 18.1 Å². The average molecular weight is 580 g/mol. The summed E-state index contributed by atoms with van der Waals surface area (Å²) in [7, 11) is 0. The summed E-state index contributed by atoms with van der Waals surface area (Å²) in [5, 5.41) is 0. The van der Waals surface area contributed by atoms with Crippen molar-refractivity contribution < 1.29 is 4.57 Å². The number of benzene rings is 1. The van der Waals surface area contributed by atoms with Gasteiger partial charge in [0.15, 0.2) is 0 Å². The normalized spacial score (nSPS) is 11.5. The van der Waals surface area contributed by atoms with Gasteiger partial charge in [-0.25, -0.2) is 4.57 Å². The summed E-state index contributed by atoms with van der Waals surface area (Å²) in [6.07, 6.45) is 44.3. The van der Waals surface area contributed by atoms with Crippen molar-refractivity contribution in [2.45, 2.75) is 200 Å². The van der Waals surface area contributed by atoms with Crippen molar-refractivity contribution in [3.05, 3.63) is 48.5 Å².